The zero-order valence-corrected chi connectivity index (χ0v) is 12.4. The summed E-state index contributed by atoms with van der Waals surface area (Å²) in [5.74, 6) is 0.392. The van der Waals surface area contributed by atoms with Crippen molar-refractivity contribution < 1.29 is 14.7 Å². The molecule has 5 nitrogen and oxygen atoms in total. The van der Waals surface area contributed by atoms with Crippen LogP contribution in [0.25, 0.3) is 0 Å². The molecule has 0 aromatic carbocycles. The zero-order chi connectivity index (χ0) is 14.2. The maximum Gasteiger partial charge on any atom is 0.327 e. The van der Waals surface area contributed by atoms with E-state index in [9.17, 15) is 14.7 Å². The van der Waals surface area contributed by atoms with Crippen LogP contribution >= 0.6 is 11.8 Å². The Balaban J connectivity index is 2.03. The molecule has 1 saturated carbocycles. The Labute approximate surface area is 118 Å². The molecule has 0 spiro atoms. The maximum atomic E-state index is 12.3. The number of carboxylic acid groups (broad SMARTS) is 1. The third-order valence-electron chi connectivity index (χ3n) is 3.88. The third kappa shape index (κ3) is 2.99. The van der Waals surface area contributed by atoms with E-state index >= 15 is 0 Å². The van der Waals surface area contributed by atoms with Crippen molar-refractivity contribution in [3.8, 4) is 0 Å². The molecule has 1 aliphatic carbocycles. The van der Waals surface area contributed by atoms with E-state index in [0.717, 1.165) is 12.8 Å². The van der Waals surface area contributed by atoms with Crippen LogP contribution in [-0.4, -0.2) is 45.2 Å². The van der Waals surface area contributed by atoms with Crippen LogP contribution in [0.3, 0.4) is 0 Å². The van der Waals surface area contributed by atoms with Gasteiger partial charge >= 0.3 is 12.0 Å². The van der Waals surface area contributed by atoms with Gasteiger partial charge in [-0.25, -0.2) is 9.59 Å². The first-order valence-corrected chi connectivity index (χ1v) is 7.93. The third-order valence-corrected chi connectivity index (χ3v) is 5.50. The van der Waals surface area contributed by atoms with Gasteiger partial charge in [0.1, 0.15) is 6.04 Å². The first-order chi connectivity index (χ1) is 8.95. The standard InChI is InChI=1S/C13H22N2O3S/c1-4-8-5-9(8)14-13(18)15-10(12(16)17)6-19-11(15)7(2)3/h7-11H,4-6H2,1-3H3,(H,14,18)(H,16,17). The second-order valence-corrected chi connectivity index (χ2v) is 6.84. The lowest BCUT2D eigenvalue weighted by Crippen LogP contribution is -2.52. The van der Waals surface area contributed by atoms with Gasteiger partial charge < -0.3 is 10.4 Å². The molecule has 4 atom stereocenters. The first kappa shape index (κ1) is 14.5. The van der Waals surface area contributed by atoms with Gasteiger partial charge in [-0.3, -0.25) is 4.90 Å². The molecule has 0 bridgehead atoms. The van der Waals surface area contributed by atoms with E-state index in [1.165, 1.54) is 4.90 Å². The number of hydrogen-bond acceptors (Lipinski definition) is 3. The van der Waals surface area contributed by atoms with Gasteiger partial charge in [0.05, 0.1) is 5.37 Å². The Hall–Kier alpha value is -0.910. The van der Waals surface area contributed by atoms with E-state index in [4.69, 9.17) is 0 Å². The number of rotatable bonds is 4. The average molecular weight is 286 g/mol. The maximum absolute atomic E-state index is 12.3. The number of hydrogen-bond donors (Lipinski definition) is 2. The fourth-order valence-electron chi connectivity index (χ4n) is 2.60. The van der Waals surface area contributed by atoms with E-state index in [-0.39, 0.29) is 23.4 Å². The minimum Gasteiger partial charge on any atom is -0.480 e. The van der Waals surface area contributed by atoms with Crippen LogP contribution in [0.4, 0.5) is 4.79 Å². The van der Waals surface area contributed by atoms with Crippen molar-refractivity contribution >= 4 is 23.8 Å². The highest BCUT2D eigenvalue weighted by atomic mass is 32.2. The number of carbonyl (C=O) groups excluding carboxylic acids is 1. The summed E-state index contributed by atoms with van der Waals surface area (Å²) in [4.78, 5) is 25.1. The molecule has 19 heavy (non-hydrogen) atoms. The SMILES string of the molecule is CCC1CC1NC(=O)N1C(C(=O)O)CSC1C(C)C. The lowest BCUT2D eigenvalue weighted by atomic mass is 10.2. The molecular formula is C13H22N2O3S. The summed E-state index contributed by atoms with van der Waals surface area (Å²) in [5.41, 5.74) is 0. The fourth-order valence-corrected chi connectivity index (χ4v) is 4.07. The van der Waals surface area contributed by atoms with Crippen molar-refractivity contribution in [1.29, 1.82) is 0 Å². The molecule has 6 heteroatoms. The van der Waals surface area contributed by atoms with Gasteiger partial charge in [-0.2, -0.15) is 0 Å². The number of nitrogens with one attached hydrogen (secondary N) is 1. The van der Waals surface area contributed by atoms with Crippen molar-refractivity contribution in [2.24, 2.45) is 11.8 Å². The summed E-state index contributed by atoms with van der Waals surface area (Å²) in [5, 5.41) is 12.2. The number of carboxylic acids is 1. The number of amides is 2. The molecular weight excluding hydrogens is 264 g/mol. The van der Waals surface area contributed by atoms with Crippen molar-refractivity contribution in [3.63, 3.8) is 0 Å². The van der Waals surface area contributed by atoms with Crippen molar-refractivity contribution in [2.45, 2.75) is 51.1 Å². The Morgan fingerprint density at radius 2 is 2.16 bits per heavy atom. The number of thioether (sulfide) groups is 1. The van der Waals surface area contributed by atoms with Gasteiger partial charge in [0.2, 0.25) is 0 Å². The summed E-state index contributed by atoms with van der Waals surface area (Å²) < 4.78 is 0. The van der Waals surface area contributed by atoms with Gasteiger partial charge in [0, 0.05) is 11.8 Å². The summed E-state index contributed by atoms with van der Waals surface area (Å²) in [7, 11) is 0. The molecule has 0 aromatic heterocycles. The molecule has 2 fully saturated rings. The van der Waals surface area contributed by atoms with Crippen LogP contribution in [0.15, 0.2) is 0 Å². The predicted molar refractivity (Wildman–Crippen MR) is 75.1 cm³/mol. The smallest absolute Gasteiger partial charge is 0.327 e. The van der Waals surface area contributed by atoms with Crippen LogP contribution in [0.2, 0.25) is 0 Å². The lowest BCUT2D eigenvalue weighted by molar-refractivity contribution is -0.141. The monoisotopic (exact) mass is 286 g/mol. The fraction of sp³-hybridized carbons (Fsp3) is 0.846. The molecule has 1 aliphatic heterocycles. The number of urea groups is 1. The Morgan fingerprint density at radius 3 is 2.63 bits per heavy atom. The van der Waals surface area contributed by atoms with E-state index in [1.807, 2.05) is 13.8 Å². The van der Waals surface area contributed by atoms with E-state index < -0.39 is 12.0 Å². The minimum atomic E-state index is -0.909. The van der Waals surface area contributed by atoms with Gasteiger partial charge in [0.25, 0.3) is 0 Å². The molecule has 2 N–H and O–H groups in total. The van der Waals surface area contributed by atoms with Crippen molar-refractivity contribution in [2.75, 3.05) is 5.75 Å². The van der Waals surface area contributed by atoms with Crippen LogP contribution in [0, 0.1) is 11.8 Å². The van der Waals surface area contributed by atoms with Crippen LogP contribution in [0.5, 0.6) is 0 Å². The molecule has 108 valence electrons. The number of carbonyl (C=O) groups is 2. The second kappa shape index (κ2) is 5.61. The number of aliphatic carboxylic acids is 1. The molecule has 2 aliphatic rings. The minimum absolute atomic E-state index is 0.0417. The topological polar surface area (TPSA) is 69.6 Å². The van der Waals surface area contributed by atoms with Gasteiger partial charge in [-0.15, -0.1) is 11.8 Å². The average Bonchev–Trinajstić information content (AvgIpc) is 2.91. The molecule has 2 amide bonds. The van der Waals surface area contributed by atoms with Gasteiger partial charge in [0.15, 0.2) is 0 Å². The largest absolute Gasteiger partial charge is 0.480 e. The number of nitrogens with zero attached hydrogens (tertiary/aromatic N) is 1. The summed E-state index contributed by atoms with van der Waals surface area (Å²) in [6, 6.07) is -0.668. The second-order valence-electron chi connectivity index (χ2n) is 5.69. The normalized spacial score (nSPS) is 33.6. The van der Waals surface area contributed by atoms with Gasteiger partial charge in [-0.1, -0.05) is 27.2 Å². The summed E-state index contributed by atoms with van der Waals surface area (Å²) in [6.07, 6.45) is 2.09. The summed E-state index contributed by atoms with van der Waals surface area (Å²) >= 11 is 1.56. The molecule has 0 radical (unpaired) electrons. The van der Waals surface area contributed by atoms with Crippen LogP contribution < -0.4 is 5.32 Å². The van der Waals surface area contributed by atoms with Crippen LogP contribution in [-0.2, 0) is 4.79 Å². The van der Waals surface area contributed by atoms with Crippen molar-refractivity contribution in [3.05, 3.63) is 0 Å². The highest BCUT2D eigenvalue weighted by Crippen LogP contribution is 2.36. The Bertz CT molecular complexity index is 375. The molecule has 1 saturated heterocycles. The van der Waals surface area contributed by atoms with E-state index in [1.54, 1.807) is 11.8 Å². The summed E-state index contributed by atoms with van der Waals surface area (Å²) in [6.45, 7) is 6.15. The van der Waals surface area contributed by atoms with E-state index in [0.29, 0.717) is 11.7 Å². The molecule has 1 heterocycles. The highest BCUT2D eigenvalue weighted by Gasteiger charge is 2.45. The predicted octanol–water partition coefficient (Wildman–Crippen LogP) is 1.98. The van der Waals surface area contributed by atoms with Gasteiger partial charge in [-0.05, 0) is 18.3 Å². The van der Waals surface area contributed by atoms with Crippen LogP contribution in [0.1, 0.15) is 33.6 Å². The first-order valence-electron chi connectivity index (χ1n) is 6.89. The molecule has 0 aromatic rings. The lowest BCUT2D eigenvalue weighted by Gasteiger charge is -2.29. The van der Waals surface area contributed by atoms with E-state index in [2.05, 4.69) is 12.2 Å². The zero-order valence-electron chi connectivity index (χ0n) is 11.6. The quantitative estimate of drug-likeness (QED) is 0.829. The Kier molecular flexibility index (Phi) is 4.28. The molecule has 2 rings (SSSR count). The highest BCUT2D eigenvalue weighted by molar-refractivity contribution is 8.00. The Morgan fingerprint density at radius 1 is 1.47 bits per heavy atom. The molecule has 4 unspecified atom stereocenters. The van der Waals surface area contributed by atoms with Crippen molar-refractivity contribution in [1.82, 2.24) is 10.2 Å².